The number of nitrogens with zero attached hydrogens (tertiary/aromatic N) is 1. The molecule has 20 heavy (non-hydrogen) atoms. The first-order chi connectivity index (χ1) is 9.79. The maximum absolute atomic E-state index is 6.15. The summed E-state index contributed by atoms with van der Waals surface area (Å²) in [5.41, 5.74) is 8.89. The highest BCUT2D eigenvalue weighted by Gasteiger charge is 2.19. The topological polar surface area (TPSA) is 47.7 Å². The van der Waals surface area contributed by atoms with E-state index < -0.39 is 0 Å². The molecular formula is C16H18N2O2. The van der Waals surface area contributed by atoms with E-state index in [0.717, 1.165) is 48.1 Å². The van der Waals surface area contributed by atoms with E-state index in [1.54, 1.807) is 7.11 Å². The number of ether oxygens (including phenoxy) is 2. The molecule has 4 heteroatoms. The lowest BCUT2D eigenvalue weighted by Crippen LogP contribution is -2.19. The van der Waals surface area contributed by atoms with Crippen LogP contribution in [0.3, 0.4) is 0 Å². The van der Waals surface area contributed by atoms with Crippen LogP contribution in [-0.4, -0.2) is 20.3 Å². The largest absolute Gasteiger partial charge is 0.497 e. The van der Waals surface area contributed by atoms with E-state index in [4.69, 9.17) is 15.2 Å². The van der Waals surface area contributed by atoms with Gasteiger partial charge in [0.15, 0.2) is 0 Å². The van der Waals surface area contributed by atoms with Gasteiger partial charge in [0.2, 0.25) is 0 Å². The van der Waals surface area contributed by atoms with Crippen LogP contribution in [0.1, 0.15) is 6.42 Å². The quantitative estimate of drug-likeness (QED) is 0.851. The second-order valence-corrected chi connectivity index (χ2v) is 4.75. The second-order valence-electron chi connectivity index (χ2n) is 4.75. The van der Waals surface area contributed by atoms with E-state index in [2.05, 4.69) is 11.0 Å². The predicted octanol–water partition coefficient (Wildman–Crippen LogP) is 3.20. The Morgan fingerprint density at radius 1 is 1.15 bits per heavy atom. The number of para-hydroxylation sites is 2. The molecular weight excluding hydrogens is 252 g/mol. The molecule has 1 aliphatic rings. The third-order valence-corrected chi connectivity index (χ3v) is 3.47. The van der Waals surface area contributed by atoms with Crippen LogP contribution >= 0.6 is 0 Å². The van der Waals surface area contributed by atoms with Crippen molar-refractivity contribution >= 4 is 17.1 Å². The summed E-state index contributed by atoms with van der Waals surface area (Å²) in [7, 11) is 1.66. The van der Waals surface area contributed by atoms with Gasteiger partial charge in [0.1, 0.15) is 11.5 Å². The van der Waals surface area contributed by atoms with E-state index in [1.165, 1.54) is 0 Å². The first-order valence-corrected chi connectivity index (χ1v) is 6.72. The van der Waals surface area contributed by atoms with Crippen LogP contribution in [0, 0.1) is 0 Å². The van der Waals surface area contributed by atoms with Crippen LogP contribution in [-0.2, 0) is 0 Å². The highest BCUT2D eigenvalue weighted by molar-refractivity contribution is 5.79. The Labute approximate surface area is 118 Å². The minimum Gasteiger partial charge on any atom is -0.497 e. The number of fused-ring (bicyclic) bond motifs is 1. The first-order valence-electron chi connectivity index (χ1n) is 6.72. The first kappa shape index (κ1) is 12.7. The average molecular weight is 270 g/mol. The van der Waals surface area contributed by atoms with E-state index >= 15 is 0 Å². The van der Waals surface area contributed by atoms with Crippen LogP contribution in [0.2, 0.25) is 0 Å². The normalized spacial score (nSPS) is 14.2. The monoisotopic (exact) mass is 270 g/mol. The smallest absolute Gasteiger partial charge is 0.142 e. The molecule has 0 amide bonds. The predicted molar refractivity (Wildman–Crippen MR) is 81.0 cm³/mol. The van der Waals surface area contributed by atoms with E-state index in [9.17, 15) is 0 Å². The van der Waals surface area contributed by atoms with Gasteiger partial charge in [0, 0.05) is 12.6 Å². The van der Waals surface area contributed by atoms with Gasteiger partial charge in [-0.05, 0) is 30.7 Å². The Balaban J connectivity index is 2.09. The molecule has 2 aromatic rings. The van der Waals surface area contributed by atoms with Gasteiger partial charge in [-0.25, -0.2) is 0 Å². The molecule has 2 aromatic carbocycles. The van der Waals surface area contributed by atoms with Gasteiger partial charge in [-0.3, -0.25) is 0 Å². The van der Waals surface area contributed by atoms with Crippen molar-refractivity contribution in [3.8, 4) is 11.5 Å². The Bertz CT molecular complexity index is 613. The zero-order chi connectivity index (χ0) is 13.9. The van der Waals surface area contributed by atoms with Crippen molar-refractivity contribution in [1.82, 2.24) is 0 Å². The summed E-state index contributed by atoms with van der Waals surface area (Å²) in [5.74, 6) is 1.70. The third kappa shape index (κ3) is 2.25. The number of rotatable bonds is 2. The fourth-order valence-corrected chi connectivity index (χ4v) is 2.46. The molecule has 0 aromatic heterocycles. The molecule has 3 rings (SSSR count). The molecule has 2 N–H and O–H groups in total. The van der Waals surface area contributed by atoms with Gasteiger partial charge in [0.25, 0.3) is 0 Å². The molecule has 0 atom stereocenters. The third-order valence-electron chi connectivity index (χ3n) is 3.47. The van der Waals surface area contributed by atoms with Gasteiger partial charge in [-0.2, -0.15) is 0 Å². The molecule has 104 valence electrons. The van der Waals surface area contributed by atoms with E-state index in [-0.39, 0.29) is 0 Å². The molecule has 1 aliphatic heterocycles. The molecule has 0 radical (unpaired) electrons. The van der Waals surface area contributed by atoms with Crippen molar-refractivity contribution in [3.05, 3.63) is 42.5 Å². The zero-order valence-electron chi connectivity index (χ0n) is 11.5. The fourth-order valence-electron chi connectivity index (χ4n) is 2.46. The number of anilines is 3. The Morgan fingerprint density at radius 3 is 2.85 bits per heavy atom. The number of nitrogens with two attached hydrogens (primary N) is 1. The van der Waals surface area contributed by atoms with Crippen molar-refractivity contribution < 1.29 is 9.47 Å². The van der Waals surface area contributed by atoms with E-state index in [0.29, 0.717) is 0 Å². The zero-order valence-corrected chi connectivity index (χ0v) is 11.5. The van der Waals surface area contributed by atoms with Crippen LogP contribution in [0.4, 0.5) is 17.1 Å². The standard InChI is InChI=1S/C16H18N2O2/c1-19-12-7-8-13(17)15(11-12)18-9-4-10-20-16-6-3-2-5-14(16)18/h2-3,5-8,11H,4,9-10,17H2,1H3. The van der Waals surface area contributed by atoms with Crippen molar-refractivity contribution in [3.63, 3.8) is 0 Å². The molecule has 0 saturated heterocycles. The van der Waals surface area contributed by atoms with Gasteiger partial charge >= 0.3 is 0 Å². The maximum atomic E-state index is 6.15. The lowest BCUT2D eigenvalue weighted by molar-refractivity contribution is 0.322. The van der Waals surface area contributed by atoms with Gasteiger partial charge in [-0.15, -0.1) is 0 Å². The Kier molecular flexibility index (Phi) is 3.37. The van der Waals surface area contributed by atoms with Gasteiger partial charge in [0.05, 0.1) is 30.8 Å². The number of methoxy groups -OCH3 is 1. The average Bonchev–Trinajstić information content (AvgIpc) is 2.70. The summed E-state index contributed by atoms with van der Waals surface area (Å²) in [6.45, 7) is 1.59. The van der Waals surface area contributed by atoms with Crippen LogP contribution < -0.4 is 20.1 Å². The SMILES string of the molecule is COc1ccc(N)c(N2CCCOc3ccccc32)c1. The van der Waals surface area contributed by atoms with Crippen LogP contribution in [0.25, 0.3) is 0 Å². The number of benzene rings is 2. The molecule has 0 spiro atoms. The van der Waals surface area contributed by atoms with E-state index in [1.807, 2.05) is 36.4 Å². The summed E-state index contributed by atoms with van der Waals surface area (Å²) < 4.78 is 11.1. The maximum Gasteiger partial charge on any atom is 0.142 e. The van der Waals surface area contributed by atoms with Crippen molar-refractivity contribution in [1.29, 1.82) is 0 Å². The molecule has 0 bridgehead atoms. The lowest BCUT2D eigenvalue weighted by atomic mass is 10.2. The molecule has 0 saturated carbocycles. The molecule has 0 fully saturated rings. The van der Waals surface area contributed by atoms with Crippen molar-refractivity contribution in [2.45, 2.75) is 6.42 Å². The minimum absolute atomic E-state index is 0.720. The Hall–Kier alpha value is -2.36. The minimum atomic E-state index is 0.720. The molecule has 0 unspecified atom stereocenters. The van der Waals surface area contributed by atoms with Crippen molar-refractivity contribution in [2.75, 3.05) is 30.9 Å². The number of hydrogen-bond acceptors (Lipinski definition) is 4. The second kappa shape index (κ2) is 5.33. The highest BCUT2D eigenvalue weighted by atomic mass is 16.5. The summed E-state index contributed by atoms with van der Waals surface area (Å²) in [5, 5.41) is 0. The number of nitrogen functional groups attached to an aromatic ring is 1. The van der Waals surface area contributed by atoms with Crippen LogP contribution in [0.15, 0.2) is 42.5 Å². The van der Waals surface area contributed by atoms with Gasteiger partial charge in [-0.1, -0.05) is 12.1 Å². The van der Waals surface area contributed by atoms with Gasteiger partial charge < -0.3 is 20.1 Å². The summed E-state index contributed by atoms with van der Waals surface area (Å²) in [6, 6.07) is 13.8. The fraction of sp³-hybridized carbons (Fsp3) is 0.250. The summed E-state index contributed by atoms with van der Waals surface area (Å²) in [6.07, 6.45) is 0.950. The number of hydrogen-bond donors (Lipinski definition) is 1. The summed E-state index contributed by atoms with van der Waals surface area (Å²) in [4.78, 5) is 2.19. The Morgan fingerprint density at radius 2 is 2.00 bits per heavy atom. The lowest BCUT2D eigenvalue weighted by Gasteiger charge is -2.25. The summed E-state index contributed by atoms with van der Waals surface area (Å²) >= 11 is 0. The van der Waals surface area contributed by atoms with Crippen molar-refractivity contribution in [2.24, 2.45) is 0 Å². The van der Waals surface area contributed by atoms with Crippen LogP contribution in [0.5, 0.6) is 11.5 Å². The molecule has 4 nitrogen and oxygen atoms in total. The molecule has 1 heterocycles. The highest BCUT2D eigenvalue weighted by Crippen LogP contribution is 2.39. The molecule has 0 aliphatic carbocycles.